The number of aromatic amines is 1. The van der Waals surface area contributed by atoms with Gasteiger partial charge in [0.05, 0.1) is 10.8 Å². The highest BCUT2D eigenvalue weighted by Crippen LogP contribution is 2.31. The van der Waals surface area contributed by atoms with Crippen LogP contribution in [0.2, 0.25) is 0 Å². The van der Waals surface area contributed by atoms with Gasteiger partial charge in [-0.15, -0.1) is 10.2 Å². The lowest BCUT2D eigenvalue weighted by atomic mass is 10.2. The van der Waals surface area contributed by atoms with Crippen LogP contribution >= 0.6 is 11.8 Å². The topological polar surface area (TPSA) is 75.0 Å². The van der Waals surface area contributed by atoms with Crippen molar-refractivity contribution in [3.63, 3.8) is 0 Å². The molecule has 1 amide bonds. The number of amides is 1. The third-order valence-corrected chi connectivity index (χ3v) is 5.46. The van der Waals surface area contributed by atoms with Crippen LogP contribution < -0.4 is 0 Å². The van der Waals surface area contributed by atoms with Crippen molar-refractivity contribution in [3.8, 4) is 11.5 Å². The fourth-order valence-corrected chi connectivity index (χ4v) is 3.91. The highest BCUT2D eigenvalue weighted by atomic mass is 32.2. The number of carbonyl (C=O) groups excluding carboxylic acids is 1. The van der Waals surface area contributed by atoms with Crippen LogP contribution in [0.3, 0.4) is 0 Å². The highest BCUT2D eigenvalue weighted by molar-refractivity contribution is 8.00. The minimum Gasteiger partial charge on any atom is -0.411 e. The zero-order valence-corrected chi connectivity index (χ0v) is 16.7. The minimum absolute atomic E-state index is 0.105. The second kappa shape index (κ2) is 8.08. The zero-order chi connectivity index (χ0) is 20.4. The Morgan fingerprint density at radius 3 is 2.90 bits per heavy atom. The van der Waals surface area contributed by atoms with Gasteiger partial charge >= 0.3 is 0 Å². The Labute approximate surface area is 171 Å². The number of aromatic nitrogens is 3. The van der Waals surface area contributed by atoms with E-state index < -0.39 is 5.25 Å². The molecule has 0 aliphatic heterocycles. The van der Waals surface area contributed by atoms with Crippen molar-refractivity contribution in [2.75, 3.05) is 7.05 Å². The summed E-state index contributed by atoms with van der Waals surface area (Å²) in [6.45, 7) is 2.11. The van der Waals surface area contributed by atoms with E-state index in [1.165, 1.54) is 23.9 Å². The molecule has 29 heavy (non-hydrogen) atoms. The van der Waals surface area contributed by atoms with Gasteiger partial charge in [0.1, 0.15) is 5.82 Å². The van der Waals surface area contributed by atoms with Crippen molar-refractivity contribution in [1.29, 1.82) is 0 Å². The normalized spacial score (nSPS) is 12.2. The maximum atomic E-state index is 13.3. The van der Waals surface area contributed by atoms with Crippen molar-refractivity contribution in [3.05, 3.63) is 66.1 Å². The molecule has 6 nitrogen and oxygen atoms in total. The lowest BCUT2D eigenvalue weighted by Crippen LogP contribution is -2.32. The second-order valence-corrected chi connectivity index (χ2v) is 8.00. The Balaban J connectivity index is 1.43. The van der Waals surface area contributed by atoms with Crippen LogP contribution in [-0.2, 0) is 11.3 Å². The molecule has 0 fully saturated rings. The Bertz CT molecular complexity index is 1160. The van der Waals surface area contributed by atoms with Gasteiger partial charge in [-0.2, -0.15) is 0 Å². The Morgan fingerprint density at radius 1 is 1.24 bits per heavy atom. The van der Waals surface area contributed by atoms with E-state index in [2.05, 4.69) is 15.2 Å². The smallest absolute Gasteiger partial charge is 0.277 e. The number of rotatable bonds is 6. The number of hydrogen-bond donors (Lipinski definition) is 1. The van der Waals surface area contributed by atoms with E-state index in [0.29, 0.717) is 17.7 Å². The predicted octanol–water partition coefficient (Wildman–Crippen LogP) is 4.50. The standard InChI is InChI=1S/C21H19FN4O2S/c1-13(20(27)26(2)12-14-6-5-7-15(22)10-14)29-21-25-24-19(28-21)17-11-23-18-9-4-3-8-16(17)18/h3-11,13,23H,12H2,1-2H3/t13-/m1/s1. The quantitative estimate of drug-likeness (QED) is 0.474. The molecule has 8 heteroatoms. The summed E-state index contributed by atoms with van der Waals surface area (Å²) in [5.41, 5.74) is 2.54. The third kappa shape index (κ3) is 4.17. The Hall–Kier alpha value is -3.13. The molecule has 2 aromatic heterocycles. The first-order valence-electron chi connectivity index (χ1n) is 9.07. The molecule has 4 rings (SSSR count). The summed E-state index contributed by atoms with van der Waals surface area (Å²) in [6, 6.07) is 14.1. The van der Waals surface area contributed by atoms with Gasteiger partial charge in [0.25, 0.3) is 11.1 Å². The molecule has 1 atom stereocenters. The molecule has 0 saturated carbocycles. The van der Waals surface area contributed by atoms with Crippen molar-refractivity contribution in [2.45, 2.75) is 23.9 Å². The first kappa shape index (κ1) is 19.2. The van der Waals surface area contributed by atoms with Gasteiger partial charge in [-0.3, -0.25) is 4.79 Å². The Morgan fingerprint density at radius 2 is 2.07 bits per heavy atom. The maximum absolute atomic E-state index is 13.3. The van der Waals surface area contributed by atoms with Gasteiger partial charge in [0.15, 0.2) is 0 Å². The number of H-pyrrole nitrogens is 1. The third-order valence-electron chi connectivity index (χ3n) is 4.54. The van der Waals surface area contributed by atoms with Crippen molar-refractivity contribution in [1.82, 2.24) is 20.1 Å². The van der Waals surface area contributed by atoms with E-state index in [1.807, 2.05) is 30.5 Å². The van der Waals surface area contributed by atoms with Crippen LogP contribution in [0.1, 0.15) is 12.5 Å². The molecule has 0 radical (unpaired) electrons. The SMILES string of the molecule is C[C@@H](Sc1nnc(-c2c[nH]c3ccccc23)o1)C(=O)N(C)Cc1cccc(F)c1. The van der Waals surface area contributed by atoms with E-state index in [-0.39, 0.29) is 11.7 Å². The summed E-state index contributed by atoms with van der Waals surface area (Å²) in [6.07, 6.45) is 1.83. The van der Waals surface area contributed by atoms with Crippen LogP contribution in [0, 0.1) is 5.82 Å². The molecule has 148 valence electrons. The lowest BCUT2D eigenvalue weighted by molar-refractivity contribution is -0.129. The summed E-state index contributed by atoms with van der Waals surface area (Å²) in [5.74, 6) is -0.0229. The first-order valence-corrected chi connectivity index (χ1v) is 9.95. The molecule has 0 bridgehead atoms. The summed E-state index contributed by atoms with van der Waals surface area (Å²) in [4.78, 5) is 17.4. The van der Waals surface area contributed by atoms with Gasteiger partial charge in [0.2, 0.25) is 5.91 Å². The summed E-state index contributed by atoms with van der Waals surface area (Å²) in [5, 5.41) is 9.08. The van der Waals surface area contributed by atoms with Crippen LogP contribution in [0.5, 0.6) is 0 Å². The number of benzene rings is 2. The average Bonchev–Trinajstić information content (AvgIpc) is 3.34. The molecular weight excluding hydrogens is 391 g/mol. The number of carbonyl (C=O) groups is 1. The van der Waals surface area contributed by atoms with Gasteiger partial charge in [-0.05, 0) is 30.7 Å². The summed E-state index contributed by atoms with van der Waals surface area (Å²) in [7, 11) is 1.69. The molecule has 0 aliphatic rings. The monoisotopic (exact) mass is 410 g/mol. The first-order chi connectivity index (χ1) is 14.0. The fourth-order valence-electron chi connectivity index (χ4n) is 3.11. The van der Waals surface area contributed by atoms with E-state index in [1.54, 1.807) is 31.0 Å². The van der Waals surface area contributed by atoms with E-state index in [9.17, 15) is 9.18 Å². The molecule has 2 aromatic carbocycles. The number of nitrogens with one attached hydrogen (secondary N) is 1. The van der Waals surface area contributed by atoms with Crippen LogP contribution in [-0.4, -0.2) is 38.3 Å². The molecular formula is C21H19FN4O2S. The van der Waals surface area contributed by atoms with E-state index >= 15 is 0 Å². The summed E-state index contributed by atoms with van der Waals surface area (Å²) >= 11 is 1.20. The maximum Gasteiger partial charge on any atom is 0.277 e. The number of thioether (sulfide) groups is 1. The number of halogens is 1. The van der Waals surface area contributed by atoms with Gasteiger partial charge in [-0.1, -0.05) is 42.1 Å². The van der Waals surface area contributed by atoms with Crippen LogP contribution in [0.4, 0.5) is 4.39 Å². The molecule has 2 heterocycles. The summed E-state index contributed by atoms with van der Waals surface area (Å²) < 4.78 is 19.1. The number of nitrogens with zero attached hydrogens (tertiary/aromatic N) is 3. The minimum atomic E-state index is -0.426. The van der Waals surface area contributed by atoms with Gasteiger partial charge in [-0.25, -0.2) is 4.39 Å². The van der Waals surface area contributed by atoms with Crippen molar-refractivity contribution >= 4 is 28.6 Å². The molecule has 0 aliphatic carbocycles. The number of para-hydroxylation sites is 1. The molecule has 0 unspecified atom stereocenters. The molecule has 0 spiro atoms. The van der Waals surface area contributed by atoms with Crippen LogP contribution in [0.15, 0.2) is 64.4 Å². The largest absolute Gasteiger partial charge is 0.411 e. The molecule has 4 aromatic rings. The predicted molar refractivity (Wildman–Crippen MR) is 110 cm³/mol. The van der Waals surface area contributed by atoms with Gasteiger partial charge < -0.3 is 14.3 Å². The number of hydrogen-bond acceptors (Lipinski definition) is 5. The number of fused-ring (bicyclic) bond motifs is 1. The fraction of sp³-hybridized carbons (Fsp3) is 0.190. The van der Waals surface area contributed by atoms with E-state index in [4.69, 9.17) is 4.42 Å². The van der Waals surface area contributed by atoms with Crippen molar-refractivity contribution in [2.24, 2.45) is 0 Å². The zero-order valence-electron chi connectivity index (χ0n) is 15.9. The van der Waals surface area contributed by atoms with E-state index in [0.717, 1.165) is 22.0 Å². The van der Waals surface area contributed by atoms with Gasteiger partial charge in [0, 0.05) is 30.7 Å². The molecule has 0 saturated heterocycles. The Kier molecular flexibility index (Phi) is 5.35. The highest BCUT2D eigenvalue weighted by Gasteiger charge is 2.22. The second-order valence-electron chi connectivity index (χ2n) is 6.71. The van der Waals surface area contributed by atoms with Crippen molar-refractivity contribution < 1.29 is 13.6 Å². The lowest BCUT2D eigenvalue weighted by Gasteiger charge is -2.20. The molecule has 1 N–H and O–H groups in total. The van der Waals surface area contributed by atoms with Crippen LogP contribution in [0.25, 0.3) is 22.4 Å². The average molecular weight is 410 g/mol.